The zero-order chi connectivity index (χ0) is 25.5. The molecular formula is C31H44F2O3. The number of ether oxygens (including phenoxy) is 2. The molecule has 3 aliphatic rings. The van der Waals surface area contributed by atoms with Gasteiger partial charge in [-0.05, 0) is 113 Å². The molecule has 3 saturated carbocycles. The molecule has 0 aromatic heterocycles. The first-order valence-corrected chi connectivity index (χ1v) is 14.5. The van der Waals surface area contributed by atoms with E-state index in [9.17, 15) is 13.6 Å². The van der Waals surface area contributed by atoms with Crippen LogP contribution in [0.5, 0.6) is 11.5 Å². The number of benzene rings is 1. The Hall–Kier alpha value is -1.91. The van der Waals surface area contributed by atoms with Gasteiger partial charge in [0.1, 0.15) is 0 Å². The number of esters is 1. The molecule has 3 aliphatic carbocycles. The molecule has 200 valence electrons. The minimum atomic E-state index is -1.19. The number of rotatable bonds is 8. The molecule has 5 heteroatoms. The minimum absolute atomic E-state index is 0.232. The molecule has 0 heterocycles. The maximum atomic E-state index is 14.4. The summed E-state index contributed by atoms with van der Waals surface area (Å²) >= 11 is 0. The van der Waals surface area contributed by atoms with E-state index in [4.69, 9.17) is 9.47 Å². The van der Waals surface area contributed by atoms with Crippen molar-refractivity contribution in [2.45, 2.75) is 104 Å². The van der Waals surface area contributed by atoms with Crippen molar-refractivity contribution in [3.05, 3.63) is 36.1 Å². The van der Waals surface area contributed by atoms with E-state index in [1.165, 1.54) is 82.6 Å². The SMILES string of the molecule is C/C=C/Oc1ccc(OC(=O)C2CCC(C3CCC(C4CCC(CCC)CC4)CC3)CC2)c(F)c1F. The summed E-state index contributed by atoms with van der Waals surface area (Å²) in [7, 11) is 0. The molecule has 3 nitrogen and oxygen atoms in total. The molecule has 0 bridgehead atoms. The first-order valence-electron chi connectivity index (χ1n) is 14.5. The van der Waals surface area contributed by atoms with Gasteiger partial charge in [-0.1, -0.05) is 38.7 Å². The quantitative estimate of drug-likeness (QED) is 0.202. The second-order valence-corrected chi connectivity index (χ2v) is 11.6. The molecule has 36 heavy (non-hydrogen) atoms. The summed E-state index contributed by atoms with van der Waals surface area (Å²) in [4.78, 5) is 12.7. The van der Waals surface area contributed by atoms with Crippen LogP contribution in [0, 0.1) is 47.1 Å². The van der Waals surface area contributed by atoms with Gasteiger partial charge in [-0.15, -0.1) is 0 Å². The normalized spacial score (nSPS) is 31.3. The van der Waals surface area contributed by atoms with Crippen LogP contribution in [-0.4, -0.2) is 5.97 Å². The summed E-state index contributed by atoms with van der Waals surface area (Å²) in [6.45, 7) is 4.02. The molecule has 0 atom stereocenters. The van der Waals surface area contributed by atoms with E-state index in [1.807, 2.05) is 0 Å². The number of carbonyl (C=O) groups is 1. The Morgan fingerprint density at radius 2 is 1.28 bits per heavy atom. The monoisotopic (exact) mass is 502 g/mol. The number of hydrogen-bond donors (Lipinski definition) is 0. The third kappa shape index (κ3) is 6.69. The second-order valence-electron chi connectivity index (χ2n) is 11.6. The van der Waals surface area contributed by atoms with Crippen LogP contribution in [0.2, 0.25) is 0 Å². The minimum Gasteiger partial charge on any atom is -0.462 e. The Morgan fingerprint density at radius 3 is 1.81 bits per heavy atom. The molecule has 0 unspecified atom stereocenters. The second kappa shape index (κ2) is 13.1. The van der Waals surface area contributed by atoms with Crippen LogP contribution in [0.3, 0.4) is 0 Å². The van der Waals surface area contributed by atoms with Crippen LogP contribution in [0.4, 0.5) is 8.78 Å². The highest BCUT2D eigenvalue weighted by atomic mass is 19.2. The van der Waals surface area contributed by atoms with Gasteiger partial charge >= 0.3 is 5.97 Å². The number of carbonyl (C=O) groups excluding carboxylic acids is 1. The lowest BCUT2D eigenvalue weighted by Gasteiger charge is -2.41. The molecule has 0 amide bonds. The van der Waals surface area contributed by atoms with Crippen molar-refractivity contribution in [2.24, 2.45) is 35.5 Å². The highest BCUT2D eigenvalue weighted by Crippen LogP contribution is 2.46. The number of hydrogen-bond acceptors (Lipinski definition) is 3. The molecular weight excluding hydrogens is 458 g/mol. The van der Waals surface area contributed by atoms with E-state index in [-0.39, 0.29) is 17.4 Å². The molecule has 0 N–H and O–H groups in total. The fourth-order valence-corrected chi connectivity index (χ4v) is 7.29. The van der Waals surface area contributed by atoms with Gasteiger partial charge in [-0.2, -0.15) is 8.78 Å². The van der Waals surface area contributed by atoms with Gasteiger partial charge in [0.25, 0.3) is 0 Å². The third-order valence-corrected chi connectivity index (χ3v) is 9.40. The van der Waals surface area contributed by atoms with Gasteiger partial charge in [0.05, 0.1) is 12.2 Å². The Balaban J connectivity index is 1.20. The van der Waals surface area contributed by atoms with Gasteiger partial charge in [0.15, 0.2) is 11.5 Å². The van der Waals surface area contributed by atoms with E-state index in [1.54, 1.807) is 13.0 Å². The lowest BCUT2D eigenvalue weighted by Crippen LogP contribution is -2.32. The Kier molecular flexibility index (Phi) is 9.84. The number of halogens is 2. The van der Waals surface area contributed by atoms with E-state index in [2.05, 4.69) is 6.92 Å². The van der Waals surface area contributed by atoms with Crippen LogP contribution in [0.1, 0.15) is 104 Å². The molecule has 1 aromatic rings. The Bertz CT molecular complexity index is 874. The zero-order valence-electron chi connectivity index (χ0n) is 22.2. The fourth-order valence-electron chi connectivity index (χ4n) is 7.29. The summed E-state index contributed by atoms with van der Waals surface area (Å²) in [6.07, 6.45) is 20.4. The summed E-state index contributed by atoms with van der Waals surface area (Å²) in [6, 6.07) is 2.54. The van der Waals surface area contributed by atoms with E-state index in [0.717, 1.165) is 49.4 Å². The average Bonchev–Trinajstić information content (AvgIpc) is 2.92. The van der Waals surface area contributed by atoms with Gasteiger partial charge in [0.2, 0.25) is 11.6 Å². The first-order chi connectivity index (χ1) is 17.5. The van der Waals surface area contributed by atoms with Gasteiger partial charge in [0, 0.05) is 0 Å². The van der Waals surface area contributed by atoms with Crippen molar-refractivity contribution in [3.63, 3.8) is 0 Å². The molecule has 3 fully saturated rings. The smallest absolute Gasteiger partial charge is 0.314 e. The van der Waals surface area contributed by atoms with E-state index >= 15 is 0 Å². The molecule has 0 saturated heterocycles. The third-order valence-electron chi connectivity index (χ3n) is 9.40. The maximum Gasteiger partial charge on any atom is 0.314 e. The molecule has 1 aromatic carbocycles. The van der Waals surface area contributed by atoms with Crippen molar-refractivity contribution in [3.8, 4) is 11.5 Å². The molecule has 0 radical (unpaired) electrons. The average molecular weight is 503 g/mol. The van der Waals surface area contributed by atoms with Crippen molar-refractivity contribution >= 4 is 5.97 Å². The highest BCUT2D eigenvalue weighted by molar-refractivity contribution is 5.75. The number of allylic oxidation sites excluding steroid dienone is 1. The Labute approximate surface area is 216 Å². The molecule has 0 aliphatic heterocycles. The van der Waals surface area contributed by atoms with Crippen LogP contribution in [0.25, 0.3) is 0 Å². The summed E-state index contributed by atoms with van der Waals surface area (Å²) in [5.74, 6) is 0.725. The van der Waals surface area contributed by atoms with Gasteiger partial charge in [-0.25, -0.2) is 0 Å². The van der Waals surface area contributed by atoms with Gasteiger partial charge in [-0.3, -0.25) is 4.79 Å². The predicted molar refractivity (Wildman–Crippen MR) is 139 cm³/mol. The maximum absolute atomic E-state index is 14.4. The van der Waals surface area contributed by atoms with Crippen molar-refractivity contribution in [1.82, 2.24) is 0 Å². The van der Waals surface area contributed by atoms with Crippen LogP contribution in [0.15, 0.2) is 24.5 Å². The molecule has 4 rings (SSSR count). The van der Waals surface area contributed by atoms with Crippen molar-refractivity contribution < 1.29 is 23.0 Å². The summed E-state index contributed by atoms with van der Waals surface area (Å²) in [5.41, 5.74) is 0. The zero-order valence-corrected chi connectivity index (χ0v) is 22.2. The molecule has 0 spiro atoms. The lowest BCUT2D eigenvalue weighted by molar-refractivity contribution is -0.140. The first kappa shape index (κ1) is 27.1. The summed E-state index contributed by atoms with van der Waals surface area (Å²) in [5, 5.41) is 0. The predicted octanol–water partition coefficient (Wildman–Crippen LogP) is 9.00. The summed E-state index contributed by atoms with van der Waals surface area (Å²) < 4.78 is 38.9. The fraction of sp³-hybridized carbons (Fsp3) is 0.710. The van der Waals surface area contributed by atoms with Crippen LogP contribution < -0.4 is 9.47 Å². The van der Waals surface area contributed by atoms with Crippen molar-refractivity contribution in [1.29, 1.82) is 0 Å². The highest BCUT2D eigenvalue weighted by Gasteiger charge is 2.36. The standard InChI is InChI=1S/C31H44F2O3/c1-3-5-21-6-8-22(9-7-21)23-10-12-24(13-11-23)25-14-16-26(17-15-25)31(34)36-28-19-18-27(35-20-4-2)29(32)30(28)33/h4,18-26H,3,5-17H2,1-2H3/b20-4+. The Morgan fingerprint density at radius 1 is 0.806 bits per heavy atom. The largest absolute Gasteiger partial charge is 0.462 e. The van der Waals surface area contributed by atoms with E-state index < -0.39 is 17.6 Å². The van der Waals surface area contributed by atoms with Crippen LogP contribution in [-0.2, 0) is 4.79 Å². The van der Waals surface area contributed by atoms with E-state index in [0.29, 0.717) is 5.92 Å². The van der Waals surface area contributed by atoms with Gasteiger partial charge < -0.3 is 9.47 Å². The van der Waals surface area contributed by atoms with Crippen molar-refractivity contribution in [2.75, 3.05) is 0 Å². The lowest BCUT2D eigenvalue weighted by atomic mass is 9.65. The van der Waals surface area contributed by atoms with Crippen LogP contribution >= 0.6 is 0 Å². The topological polar surface area (TPSA) is 35.5 Å².